The number of aryl methyl sites for hydroxylation is 1. The van der Waals surface area contributed by atoms with Gasteiger partial charge < -0.3 is 10.1 Å². The van der Waals surface area contributed by atoms with Crippen LogP contribution >= 0.6 is 0 Å². The molecule has 3 rings (SSSR count). The normalized spacial score (nSPS) is 11.2. The summed E-state index contributed by atoms with van der Waals surface area (Å²) in [5, 5.41) is 3.74. The van der Waals surface area contributed by atoms with Crippen LogP contribution in [0, 0.1) is 12.7 Å². The van der Waals surface area contributed by atoms with E-state index in [9.17, 15) is 9.18 Å². The first kappa shape index (κ1) is 20.0. The summed E-state index contributed by atoms with van der Waals surface area (Å²) in [7, 11) is 0. The number of nitrogens with one attached hydrogen (secondary N) is 1. The number of halogens is 1. The number of para-hydroxylation sites is 1. The summed E-state index contributed by atoms with van der Waals surface area (Å²) in [6, 6.07) is 13.8. The molecule has 0 saturated carbocycles. The van der Waals surface area contributed by atoms with Gasteiger partial charge in [-0.3, -0.25) is 9.78 Å². The Hall–Kier alpha value is -2.79. The molecule has 0 atom stereocenters. The molecule has 1 heterocycles. The Balaban J connectivity index is 1.88. The first-order valence-corrected chi connectivity index (χ1v) is 9.52. The third-order valence-electron chi connectivity index (χ3n) is 4.43. The van der Waals surface area contributed by atoms with Crippen molar-refractivity contribution in [2.24, 2.45) is 0 Å². The van der Waals surface area contributed by atoms with Gasteiger partial charge >= 0.3 is 0 Å². The van der Waals surface area contributed by atoms with E-state index in [1.54, 1.807) is 18.2 Å². The van der Waals surface area contributed by atoms with Crippen molar-refractivity contribution in [2.75, 3.05) is 13.2 Å². The van der Waals surface area contributed by atoms with E-state index in [1.807, 2.05) is 39.0 Å². The fourth-order valence-corrected chi connectivity index (χ4v) is 3.12. The second-order valence-electron chi connectivity index (χ2n) is 7.05. The average Bonchev–Trinajstić information content (AvgIpc) is 2.67. The zero-order valence-electron chi connectivity index (χ0n) is 16.5. The quantitative estimate of drug-likeness (QED) is 0.594. The van der Waals surface area contributed by atoms with Crippen molar-refractivity contribution in [1.29, 1.82) is 0 Å². The molecule has 0 aliphatic rings. The highest BCUT2D eigenvalue weighted by molar-refractivity contribution is 6.09. The molecule has 0 aliphatic carbocycles. The predicted octanol–water partition coefficient (Wildman–Crippen LogP) is 4.89. The predicted molar refractivity (Wildman–Crippen MR) is 110 cm³/mol. The molecule has 4 nitrogen and oxygen atoms in total. The maximum Gasteiger partial charge on any atom is 0.252 e. The van der Waals surface area contributed by atoms with Gasteiger partial charge in [0, 0.05) is 29.8 Å². The molecular formula is C23H25FN2O2. The Morgan fingerprint density at radius 1 is 1.18 bits per heavy atom. The molecule has 146 valence electrons. The van der Waals surface area contributed by atoms with Crippen molar-refractivity contribution >= 4 is 16.8 Å². The lowest BCUT2D eigenvalue weighted by molar-refractivity contribution is 0.0757. The third-order valence-corrected chi connectivity index (χ3v) is 4.43. The van der Waals surface area contributed by atoms with Gasteiger partial charge in [-0.2, -0.15) is 0 Å². The van der Waals surface area contributed by atoms with Crippen LogP contribution in [0.1, 0.15) is 36.3 Å². The molecule has 0 fully saturated rings. The number of ether oxygens (including phenoxy) is 1. The third kappa shape index (κ3) is 4.73. The maximum atomic E-state index is 13.3. The summed E-state index contributed by atoms with van der Waals surface area (Å²) < 4.78 is 18.8. The van der Waals surface area contributed by atoms with Gasteiger partial charge in [-0.05, 0) is 51.0 Å². The monoisotopic (exact) mass is 380 g/mol. The van der Waals surface area contributed by atoms with E-state index in [1.165, 1.54) is 12.1 Å². The van der Waals surface area contributed by atoms with E-state index >= 15 is 0 Å². The number of carbonyl (C=O) groups excluding carboxylic acids is 1. The van der Waals surface area contributed by atoms with E-state index in [2.05, 4.69) is 10.3 Å². The number of aromatic nitrogens is 1. The molecular weight excluding hydrogens is 355 g/mol. The Morgan fingerprint density at radius 3 is 2.64 bits per heavy atom. The summed E-state index contributed by atoms with van der Waals surface area (Å²) in [5.41, 5.74) is 3.83. The molecule has 1 aromatic heterocycles. The largest absolute Gasteiger partial charge is 0.379 e. The smallest absolute Gasteiger partial charge is 0.252 e. The number of carbonyl (C=O) groups is 1. The maximum absolute atomic E-state index is 13.3. The van der Waals surface area contributed by atoms with E-state index in [-0.39, 0.29) is 17.8 Å². The molecule has 3 aromatic rings. The van der Waals surface area contributed by atoms with Crippen LogP contribution in [0.15, 0.2) is 48.5 Å². The van der Waals surface area contributed by atoms with E-state index in [0.29, 0.717) is 18.7 Å². The lowest BCUT2D eigenvalue weighted by atomic mass is 9.98. The summed E-state index contributed by atoms with van der Waals surface area (Å²) in [6.45, 7) is 7.01. The highest BCUT2D eigenvalue weighted by atomic mass is 19.1. The van der Waals surface area contributed by atoms with Crippen molar-refractivity contribution in [3.8, 4) is 11.1 Å². The van der Waals surface area contributed by atoms with Crippen LogP contribution in [0.3, 0.4) is 0 Å². The zero-order valence-corrected chi connectivity index (χ0v) is 16.5. The molecule has 0 aliphatic heterocycles. The van der Waals surface area contributed by atoms with Crippen LogP contribution in [0.5, 0.6) is 0 Å². The fraction of sp³-hybridized carbons (Fsp3) is 0.304. The van der Waals surface area contributed by atoms with Gasteiger partial charge in [0.25, 0.3) is 5.91 Å². The van der Waals surface area contributed by atoms with Crippen molar-refractivity contribution < 1.29 is 13.9 Å². The SMILES string of the molecule is Cc1cc(C(=O)NCCCOC(C)C)c2cccc(-c3ccc(F)cc3)c2n1. The van der Waals surface area contributed by atoms with Crippen molar-refractivity contribution in [3.63, 3.8) is 0 Å². The second-order valence-corrected chi connectivity index (χ2v) is 7.05. The minimum absolute atomic E-state index is 0.128. The van der Waals surface area contributed by atoms with E-state index in [4.69, 9.17) is 4.74 Å². The van der Waals surface area contributed by atoms with Crippen molar-refractivity contribution in [1.82, 2.24) is 10.3 Å². The van der Waals surface area contributed by atoms with Gasteiger partial charge in [0.15, 0.2) is 0 Å². The molecule has 0 bridgehead atoms. The first-order valence-electron chi connectivity index (χ1n) is 9.52. The number of fused-ring (bicyclic) bond motifs is 1. The molecule has 0 unspecified atom stereocenters. The minimum Gasteiger partial charge on any atom is -0.379 e. The summed E-state index contributed by atoms with van der Waals surface area (Å²) in [6.07, 6.45) is 0.944. The van der Waals surface area contributed by atoms with Gasteiger partial charge in [0.2, 0.25) is 0 Å². The number of hydrogen-bond donors (Lipinski definition) is 1. The molecule has 28 heavy (non-hydrogen) atoms. The summed E-state index contributed by atoms with van der Waals surface area (Å²) in [5.74, 6) is -0.411. The van der Waals surface area contributed by atoms with Crippen LogP contribution < -0.4 is 5.32 Å². The van der Waals surface area contributed by atoms with Gasteiger partial charge in [0.1, 0.15) is 5.82 Å². The molecule has 1 amide bonds. The number of pyridine rings is 1. The number of amides is 1. The first-order chi connectivity index (χ1) is 13.5. The molecule has 0 saturated heterocycles. The fourth-order valence-electron chi connectivity index (χ4n) is 3.12. The van der Waals surface area contributed by atoms with Gasteiger partial charge in [0.05, 0.1) is 17.2 Å². The number of rotatable bonds is 7. The van der Waals surface area contributed by atoms with Gasteiger partial charge in [-0.15, -0.1) is 0 Å². The van der Waals surface area contributed by atoms with Crippen LogP contribution in [-0.4, -0.2) is 30.1 Å². The topological polar surface area (TPSA) is 51.2 Å². The number of benzene rings is 2. The molecule has 5 heteroatoms. The zero-order chi connectivity index (χ0) is 20.1. The molecule has 0 radical (unpaired) electrons. The Kier molecular flexibility index (Phi) is 6.37. The summed E-state index contributed by atoms with van der Waals surface area (Å²) in [4.78, 5) is 17.4. The number of nitrogens with zero attached hydrogens (tertiary/aromatic N) is 1. The Bertz CT molecular complexity index is 968. The lowest BCUT2D eigenvalue weighted by Gasteiger charge is -2.12. The van der Waals surface area contributed by atoms with Crippen LogP contribution in [0.4, 0.5) is 4.39 Å². The Labute approximate surface area is 164 Å². The minimum atomic E-state index is -0.283. The Morgan fingerprint density at radius 2 is 1.93 bits per heavy atom. The van der Waals surface area contributed by atoms with E-state index in [0.717, 1.165) is 34.1 Å². The van der Waals surface area contributed by atoms with Crippen LogP contribution in [-0.2, 0) is 4.74 Å². The molecule has 1 N–H and O–H groups in total. The average molecular weight is 380 g/mol. The van der Waals surface area contributed by atoms with Crippen LogP contribution in [0.25, 0.3) is 22.0 Å². The molecule has 0 spiro atoms. The van der Waals surface area contributed by atoms with Gasteiger partial charge in [-0.25, -0.2) is 4.39 Å². The van der Waals surface area contributed by atoms with E-state index < -0.39 is 0 Å². The van der Waals surface area contributed by atoms with Gasteiger partial charge in [-0.1, -0.05) is 30.3 Å². The second kappa shape index (κ2) is 8.93. The van der Waals surface area contributed by atoms with Crippen molar-refractivity contribution in [2.45, 2.75) is 33.3 Å². The molecule has 2 aromatic carbocycles. The summed E-state index contributed by atoms with van der Waals surface area (Å²) >= 11 is 0. The highest BCUT2D eigenvalue weighted by Gasteiger charge is 2.14. The highest BCUT2D eigenvalue weighted by Crippen LogP contribution is 2.29. The number of hydrogen-bond acceptors (Lipinski definition) is 3. The van der Waals surface area contributed by atoms with Crippen LogP contribution in [0.2, 0.25) is 0 Å². The van der Waals surface area contributed by atoms with Crippen molar-refractivity contribution in [3.05, 3.63) is 65.6 Å². The standard InChI is InChI=1S/C23H25FN2O2/c1-15(2)28-13-5-12-25-23(27)21-14-16(3)26-22-19(6-4-7-20(21)22)17-8-10-18(24)11-9-17/h4,6-11,14-15H,5,12-13H2,1-3H3,(H,25,27). The lowest BCUT2D eigenvalue weighted by Crippen LogP contribution is -2.26.